The molecule has 0 unspecified atom stereocenters. The molecule has 1 aliphatic heterocycles. The maximum atomic E-state index is 11.2. The first-order valence-corrected chi connectivity index (χ1v) is 7.55. The summed E-state index contributed by atoms with van der Waals surface area (Å²) < 4.78 is 10.1. The van der Waals surface area contributed by atoms with Crippen LogP contribution in [0, 0.1) is 0 Å². The van der Waals surface area contributed by atoms with Crippen molar-refractivity contribution in [1.82, 2.24) is 4.90 Å². The number of carbonyl (C=O) groups excluding carboxylic acids is 1. The Hall–Kier alpha value is -1.46. The number of thioether (sulfide) groups is 1. The molecule has 0 atom stereocenters. The van der Waals surface area contributed by atoms with Gasteiger partial charge in [-0.1, -0.05) is 12.1 Å². The van der Waals surface area contributed by atoms with Gasteiger partial charge in [-0.15, -0.1) is 11.8 Å². The second-order valence-corrected chi connectivity index (χ2v) is 5.52. The molecule has 0 saturated carbocycles. The molecular weight excluding hydrogens is 274 g/mol. The van der Waals surface area contributed by atoms with E-state index in [1.54, 1.807) is 11.8 Å². The van der Waals surface area contributed by atoms with Crippen LogP contribution in [-0.4, -0.2) is 43.6 Å². The highest BCUT2D eigenvalue weighted by Gasteiger charge is 2.19. The number of hydrogen-bond acceptors (Lipinski definition) is 5. The monoisotopic (exact) mass is 293 g/mol. The number of hydrogen-bond donors (Lipinski definition) is 0. The zero-order valence-corrected chi connectivity index (χ0v) is 12.6. The minimum atomic E-state index is -0.187. The van der Waals surface area contributed by atoms with Crippen molar-refractivity contribution in [3.05, 3.63) is 34.7 Å². The van der Waals surface area contributed by atoms with Crippen molar-refractivity contribution in [1.29, 1.82) is 0 Å². The maximum absolute atomic E-state index is 11.2. The zero-order valence-electron chi connectivity index (χ0n) is 11.8. The average molecular weight is 293 g/mol. The van der Waals surface area contributed by atoms with Gasteiger partial charge in [-0.05, 0) is 30.7 Å². The fourth-order valence-electron chi connectivity index (χ4n) is 1.93. The molecular formula is C15H19NO3S. The molecule has 1 aromatic rings. The summed E-state index contributed by atoms with van der Waals surface area (Å²) in [5.74, 6) is 1.53. The first-order chi connectivity index (χ1) is 9.71. The molecule has 0 bridgehead atoms. The molecule has 1 aliphatic rings. The number of nitrogens with zero attached hydrogens (tertiary/aromatic N) is 1. The standard InChI is InChI=1S/C15H19NO3S/c1-3-19-13-6-4-12(5-7-13)8-14-9-16(11-20-14)10-15(17)18-2/h4-8H,3,9-11H2,1-2H3. The predicted molar refractivity (Wildman–Crippen MR) is 81.6 cm³/mol. The van der Waals surface area contributed by atoms with E-state index in [9.17, 15) is 4.79 Å². The highest BCUT2D eigenvalue weighted by Crippen LogP contribution is 2.28. The van der Waals surface area contributed by atoms with E-state index in [2.05, 4.69) is 15.7 Å². The van der Waals surface area contributed by atoms with E-state index in [1.165, 1.54) is 12.0 Å². The SMILES string of the molecule is CCOc1ccc(C=C2CN(CC(=O)OC)CS2)cc1. The molecule has 1 saturated heterocycles. The van der Waals surface area contributed by atoms with Crippen LogP contribution < -0.4 is 4.74 Å². The minimum Gasteiger partial charge on any atom is -0.494 e. The van der Waals surface area contributed by atoms with Crippen LogP contribution in [0.3, 0.4) is 0 Å². The highest BCUT2D eigenvalue weighted by atomic mass is 32.2. The molecule has 0 radical (unpaired) electrons. The Labute approximate surface area is 123 Å². The third-order valence-electron chi connectivity index (χ3n) is 2.91. The van der Waals surface area contributed by atoms with Gasteiger partial charge in [0.25, 0.3) is 0 Å². The fraction of sp³-hybridized carbons (Fsp3) is 0.400. The second-order valence-electron chi connectivity index (χ2n) is 4.45. The lowest BCUT2D eigenvalue weighted by molar-refractivity contribution is -0.141. The number of methoxy groups -OCH3 is 1. The summed E-state index contributed by atoms with van der Waals surface area (Å²) in [6.45, 7) is 3.80. The van der Waals surface area contributed by atoms with E-state index in [-0.39, 0.29) is 5.97 Å². The van der Waals surface area contributed by atoms with Crippen molar-refractivity contribution in [2.75, 3.05) is 32.7 Å². The Morgan fingerprint density at radius 2 is 2.15 bits per heavy atom. The molecule has 0 amide bonds. The van der Waals surface area contributed by atoms with Gasteiger partial charge >= 0.3 is 5.97 Å². The molecule has 4 nitrogen and oxygen atoms in total. The van der Waals surface area contributed by atoms with Crippen LogP contribution in [0.1, 0.15) is 12.5 Å². The van der Waals surface area contributed by atoms with E-state index in [0.29, 0.717) is 13.2 Å². The predicted octanol–water partition coefficient (Wildman–Crippen LogP) is 2.61. The number of carbonyl (C=O) groups is 1. The van der Waals surface area contributed by atoms with E-state index in [1.807, 2.05) is 31.2 Å². The molecule has 1 fully saturated rings. The van der Waals surface area contributed by atoms with Crippen LogP contribution in [0.25, 0.3) is 6.08 Å². The zero-order chi connectivity index (χ0) is 14.4. The normalized spacial score (nSPS) is 17.4. The largest absolute Gasteiger partial charge is 0.494 e. The lowest BCUT2D eigenvalue weighted by Gasteiger charge is -2.10. The van der Waals surface area contributed by atoms with E-state index in [4.69, 9.17) is 4.74 Å². The molecule has 5 heteroatoms. The lowest BCUT2D eigenvalue weighted by Crippen LogP contribution is -2.27. The Bertz CT molecular complexity index is 484. The molecule has 1 aromatic carbocycles. The molecule has 1 heterocycles. The van der Waals surface area contributed by atoms with Gasteiger partial charge in [0.2, 0.25) is 0 Å². The smallest absolute Gasteiger partial charge is 0.319 e. The van der Waals surface area contributed by atoms with Gasteiger partial charge in [0.1, 0.15) is 5.75 Å². The van der Waals surface area contributed by atoms with Crippen molar-refractivity contribution in [3.63, 3.8) is 0 Å². The number of rotatable bonds is 5. The summed E-state index contributed by atoms with van der Waals surface area (Å²) in [4.78, 5) is 14.6. The van der Waals surface area contributed by atoms with Crippen molar-refractivity contribution in [2.24, 2.45) is 0 Å². The van der Waals surface area contributed by atoms with Gasteiger partial charge in [0.05, 0.1) is 20.3 Å². The Balaban J connectivity index is 1.93. The fourth-order valence-corrected chi connectivity index (χ4v) is 2.96. The van der Waals surface area contributed by atoms with Crippen molar-refractivity contribution < 1.29 is 14.3 Å². The van der Waals surface area contributed by atoms with Crippen LogP contribution in [0.2, 0.25) is 0 Å². The summed E-state index contributed by atoms with van der Waals surface area (Å²) in [6.07, 6.45) is 2.15. The molecule has 20 heavy (non-hydrogen) atoms. The lowest BCUT2D eigenvalue weighted by atomic mass is 10.2. The van der Waals surface area contributed by atoms with Gasteiger partial charge in [-0.3, -0.25) is 9.69 Å². The number of ether oxygens (including phenoxy) is 2. The van der Waals surface area contributed by atoms with Gasteiger partial charge in [-0.2, -0.15) is 0 Å². The third kappa shape index (κ3) is 4.28. The quantitative estimate of drug-likeness (QED) is 0.780. The number of benzene rings is 1. The Morgan fingerprint density at radius 3 is 2.80 bits per heavy atom. The molecule has 0 spiro atoms. The molecule has 0 N–H and O–H groups in total. The maximum Gasteiger partial charge on any atom is 0.319 e. The summed E-state index contributed by atoms with van der Waals surface area (Å²) in [7, 11) is 1.42. The van der Waals surface area contributed by atoms with E-state index < -0.39 is 0 Å². The van der Waals surface area contributed by atoms with E-state index in [0.717, 1.165) is 23.7 Å². The average Bonchev–Trinajstić information content (AvgIpc) is 2.88. The Kier molecular flexibility index (Phi) is 5.49. The van der Waals surface area contributed by atoms with E-state index >= 15 is 0 Å². The Morgan fingerprint density at radius 1 is 1.40 bits per heavy atom. The van der Waals surface area contributed by atoms with Crippen LogP contribution in [0.4, 0.5) is 0 Å². The second kappa shape index (κ2) is 7.36. The van der Waals surface area contributed by atoms with Crippen LogP contribution >= 0.6 is 11.8 Å². The van der Waals surface area contributed by atoms with Crippen LogP contribution in [-0.2, 0) is 9.53 Å². The third-order valence-corrected chi connectivity index (χ3v) is 4.02. The summed E-state index contributed by atoms with van der Waals surface area (Å²) >= 11 is 1.76. The molecule has 2 rings (SSSR count). The first-order valence-electron chi connectivity index (χ1n) is 6.56. The van der Waals surface area contributed by atoms with Gasteiger partial charge in [0.15, 0.2) is 0 Å². The molecule has 0 aromatic heterocycles. The van der Waals surface area contributed by atoms with Crippen molar-refractivity contribution >= 4 is 23.8 Å². The summed E-state index contributed by atoms with van der Waals surface area (Å²) in [5, 5.41) is 0. The van der Waals surface area contributed by atoms with Crippen LogP contribution in [0.15, 0.2) is 29.2 Å². The highest BCUT2D eigenvalue weighted by molar-refractivity contribution is 8.03. The van der Waals surface area contributed by atoms with Crippen molar-refractivity contribution in [2.45, 2.75) is 6.92 Å². The molecule has 0 aliphatic carbocycles. The first kappa shape index (κ1) is 14.9. The topological polar surface area (TPSA) is 38.8 Å². The summed E-state index contributed by atoms with van der Waals surface area (Å²) in [5.41, 5.74) is 1.15. The van der Waals surface area contributed by atoms with Crippen molar-refractivity contribution in [3.8, 4) is 5.75 Å². The number of esters is 1. The van der Waals surface area contributed by atoms with Gasteiger partial charge < -0.3 is 9.47 Å². The summed E-state index contributed by atoms with van der Waals surface area (Å²) in [6, 6.07) is 8.03. The van der Waals surface area contributed by atoms with Crippen LogP contribution in [0.5, 0.6) is 5.75 Å². The molecule has 108 valence electrons. The minimum absolute atomic E-state index is 0.187. The van der Waals surface area contributed by atoms with Gasteiger partial charge in [-0.25, -0.2) is 0 Å². The van der Waals surface area contributed by atoms with Gasteiger partial charge in [0, 0.05) is 17.3 Å².